The second kappa shape index (κ2) is 10.5. The SMILES string of the molecule is COc1ccc(C(=O)Nc2cc(-c3ccc4c(ccn4[Si](C(C)C)(C(C)C)C(C)C)c3)ccc2N)cc1. The third kappa shape index (κ3) is 4.78. The molecule has 37 heavy (non-hydrogen) atoms. The second-order valence-corrected chi connectivity index (χ2v) is 16.5. The Morgan fingerprint density at radius 2 is 1.43 bits per heavy atom. The van der Waals surface area contributed by atoms with Gasteiger partial charge >= 0.3 is 0 Å². The molecule has 1 heterocycles. The summed E-state index contributed by atoms with van der Waals surface area (Å²) in [5.74, 6) is 0.494. The molecule has 3 aromatic carbocycles. The highest BCUT2D eigenvalue weighted by molar-refractivity contribution is 6.82. The monoisotopic (exact) mass is 513 g/mol. The van der Waals surface area contributed by atoms with Crippen molar-refractivity contribution in [3.63, 3.8) is 0 Å². The number of nitrogen functional groups attached to an aromatic ring is 1. The van der Waals surface area contributed by atoms with E-state index in [-0.39, 0.29) is 5.91 Å². The Kier molecular flexibility index (Phi) is 7.51. The van der Waals surface area contributed by atoms with Crippen LogP contribution in [0.2, 0.25) is 16.6 Å². The van der Waals surface area contributed by atoms with Gasteiger partial charge in [0.1, 0.15) is 5.75 Å². The number of carbonyl (C=O) groups is 1. The molecule has 194 valence electrons. The zero-order valence-electron chi connectivity index (χ0n) is 23.0. The summed E-state index contributed by atoms with van der Waals surface area (Å²) in [6.45, 7) is 14.3. The largest absolute Gasteiger partial charge is 0.497 e. The molecule has 1 amide bonds. The molecule has 0 unspecified atom stereocenters. The highest BCUT2D eigenvalue weighted by atomic mass is 28.3. The number of anilines is 2. The number of methoxy groups -OCH3 is 1. The maximum atomic E-state index is 12.8. The maximum absolute atomic E-state index is 12.8. The van der Waals surface area contributed by atoms with Crippen molar-refractivity contribution in [3.05, 3.63) is 78.5 Å². The predicted molar refractivity (Wildman–Crippen MR) is 159 cm³/mol. The minimum absolute atomic E-state index is 0.212. The minimum Gasteiger partial charge on any atom is -0.497 e. The van der Waals surface area contributed by atoms with Crippen LogP contribution in [0.4, 0.5) is 11.4 Å². The van der Waals surface area contributed by atoms with E-state index in [0.717, 1.165) is 11.1 Å². The fourth-order valence-corrected chi connectivity index (χ4v) is 12.9. The third-order valence-electron chi connectivity index (χ3n) is 7.87. The molecular weight excluding hydrogens is 474 g/mol. The zero-order chi connectivity index (χ0) is 26.9. The van der Waals surface area contributed by atoms with Gasteiger partial charge in [-0.25, -0.2) is 0 Å². The van der Waals surface area contributed by atoms with Gasteiger partial charge in [-0.15, -0.1) is 0 Å². The zero-order valence-corrected chi connectivity index (χ0v) is 24.0. The van der Waals surface area contributed by atoms with E-state index in [9.17, 15) is 4.79 Å². The Bertz CT molecular complexity index is 1380. The topological polar surface area (TPSA) is 69.3 Å². The van der Waals surface area contributed by atoms with E-state index >= 15 is 0 Å². The van der Waals surface area contributed by atoms with Crippen LogP contribution in [-0.4, -0.2) is 25.5 Å². The summed E-state index contributed by atoms with van der Waals surface area (Å²) >= 11 is 0. The molecule has 0 aliphatic rings. The van der Waals surface area contributed by atoms with Gasteiger partial charge in [0.2, 0.25) is 0 Å². The Labute approximate surface area is 221 Å². The summed E-state index contributed by atoms with van der Waals surface area (Å²) in [5, 5.41) is 4.20. The van der Waals surface area contributed by atoms with E-state index in [1.54, 1.807) is 31.4 Å². The molecule has 1 aromatic heterocycles. The van der Waals surface area contributed by atoms with Gasteiger partial charge in [-0.2, -0.15) is 0 Å². The number of nitrogens with two attached hydrogens (primary N) is 1. The lowest BCUT2D eigenvalue weighted by Gasteiger charge is -2.44. The van der Waals surface area contributed by atoms with E-state index in [4.69, 9.17) is 10.5 Å². The number of ether oxygens (including phenoxy) is 1. The van der Waals surface area contributed by atoms with Crippen molar-refractivity contribution in [2.75, 3.05) is 18.2 Å². The quantitative estimate of drug-likeness (QED) is 0.184. The van der Waals surface area contributed by atoms with Crippen LogP contribution in [0.1, 0.15) is 51.9 Å². The van der Waals surface area contributed by atoms with Crippen molar-refractivity contribution in [2.24, 2.45) is 0 Å². The van der Waals surface area contributed by atoms with Crippen molar-refractivity contribution in [2.45, 2.75) is 58.2 Å². The summed E-state index contributed by atoms with van der Waals surface area (Å²) in [6, 6.07) is 21.7. The Balaban J connectivity index is 1.68. The summed E-state index contributed by atoms with van der Waals surface area (Å²) in [4.78, 5) is 12.8. The van der Waals surface area contributed by atoms with Gasteiger partial charge in [0.05, 0.1) is 18.5 Å². The average molecular weight is 514 g/mol. The lowest BCUT2D eigenvalue weighted by Crippen LogP contribution is -2.51. The molecule has 0 saturated carbocycles. The molecule has 0 aliphatic carbocycles. The van der Waals surface area contributed by atoms with Crippen molar-refractivity contribution in [3.8, 4) is 16.9 Å². The molecule has 0 bridgehead atoms. The van der Waals surface area contributed by atoms with E-state index < -0.39 is 8.24 Å². The summed E-state index contributed by atoms with van der Waals surface area (Å²) < 4.78 is 7.82. The fraction of sp³-hybridized carbons (Fsp3) is 0.323. The van der Waals surface area contributed by atoms with Crippen molar-refractivity contribution >= 4 is 36.4 Å². The highest BCUT2D eigenvalue weighted by Gasteiger charge is 2.45. The molecule has 5 nitrogen and oxygen atoms in total. The van der Waals surface area contributed by atoms with Gasteiger partial charge in [-0.1, -0.05) is 53.7 Å². The number of aromatic nitrogens is 1. The standard InChI is InChI=1S/C31H39N3O2Si/c1-20(2)37(21(3)4,22(5)6)34-17-16-26-18-24(11-15-30(26)34)25-10-14-28(32)29(19-25)33-31(35)23-8-12-27(36-7)13-9-23/h8-22H,32H2,1-7H3,(H,33,35). The van der Waals surface area contributed by atoms with E-state index in [1.807, 2.05) is 18.2 Å². The number of hydrogen-bond donors (Lipinski definition) is 2. The van der Waals surface area contributed by atoms with E-state index in [0.29, 0.717) is 39.3 Å². The molecule has 3 N–H and O–H groups in total. The average Bonchev–Trinajstić information content (AvgIpc) is 3.28. The summed E-state index contributed by atoms with van der Waals surface area (Å²) in [5.41, 5.74) is 13.2. The number of carbonyl (C=O) groups excluding carboxylic acids is 1. The van der Waals surface area contributed by atoms with Crippen LogP contribution in [0.3, 0.4) is 0 Å². The molecule has 0 spiro atoms. The first kappa shape index (κ1) is 26.5. The number of benzene rings is 3. The fourth-order valence-electron chi connectivity index (χ4n) is 6.28. The highest BCUT2D eigenvalue weighted by Crippen LogP contribution is 2.44. The number of rotatable bonds is 8. The van der Waals surface area contributed by atoms with Crippen molar-refractivity contribution in [1.29, 1.82) is 0 Å². The van der Waals surface area contributed by atoms with Gasteiger partial charge in [0, 0.05) is 11.1 Å². The van der Waals surface area contributed by atoms with Gasteiger partial charge < -0.3 is 20.0 Å². The van der Waals surface area contributed by atoms with Crippen LogP contribution in [0, 0.1) is 0 Å². The molecular formula is C31H39N3O2Si. The smallest absolute Gasteiger partial charge is 0.255 e. The van der Waals surface area contributed by atoms with Crippen molar-refractivity contribution < 1.29 is 9.53 Å². The van der Waals surface area contributed by atoms with Crippen LogP contribution >= 0.6 is 0 Å². The number of nitrogens with one attached hydrogen (secondary N) is 1. The number of fused-ring (bicyclic) bond motifs is 1. The van der Waals surface area contributed by atoms with Gasteiger partial charge in [-0.05, 0) is 93.9 Å². The van der Waals surface area contributed by atoms with Crippen LogP contribution in [-0.2, 0) is 0 Å². The Morgan fingerprint density at radius 3 is 2.03 bits per heavy atom. The number of hydrogen-bond acceptors (Lipinski definition) is 3. The predicted octanol–water partition coefficient (Wildman–Crippen LogP) is 8.18. The van der Waals surface area contributed by atoms with Crippen LogP contribution in [0.5, 0.6) is 5.75 Å². The van der Waals surface area contributed by atoms with Gasteiger partial charge in [-0.3, -0.25) is 4.79 Å². The minimum atomic E-state index is -1.84. The second-order valence-electron chi connectivity index (χ2n) is 10.8. The molecule has 6 heteroatoms. The Morgan fingerprint density at radius 1 is 0.838 bits per heavy atom. The lowest BCUT2D eigenvalue weighted by atomic mass is 10.0. The van der Waals surface area contributed by atoms with Crippen LogP contribution in [0.15, 0.2) is 72.9 Å². The first-order valence-electron chi connectivity index (χ1n) is 13.1. The first-order chi connectivity index (χ1) is 17.6. The first-order valence-corrected chi connectivity index (χ1v) is 15.2. The summed E-state index contributed by atoms with van der Waals surface area (Å²) in [6.07, 6.45) is 2.31. The molecule has 0 aliphatic heterocycles. The maximum Gasteiger partial charge on any atom is 0.255 e. The normalized spacial score (nSPS) is 12.1. The molecule has 0 saturated heterocycles. The van der Waals surface area contributed by atoms with Gasteiger partial charge in [0.15, 0.2) is 8.24 Å². The Hall–Kier alpha value is -3.51. The van der Waals surface area contributed by atoms with Gasteiger partial charge in [0.25, 0.3) is 5.91 Å². The molecule has 0 atom stereocenters. The molecule has 0 fully saturated rings. The number of nitrogens with zero attached hydrogens (tertiary/aromatic N) is 1. The van der Waals surface area contributed by atoms with E-state index in [2.05, 4.69) is 81.6 Å². The number of amides is 1. The molecule has 0 radical (unpaired) electrons. The lowest BCUT2D eigenvalue weighted by molar-refractivity contribution is 0.102. The summed E-state index contributed by atoms with van der Waals surface area (Å²) in [7, 11) is -0.239. The van der Waals surface area contributed by atoms with Crippen LogP contribution < -0.4 is 15.8 Å². The molecule has 4 rings (SSSR count). The third-order valence-corrected chi connectivity index (χ3v) is 14.6. The van der Waals surface area contributed by atoms with Crippen molar-refractivity contribution in [1.82, 2.24) is 4.23 Å². The molecule has 4 aromatic rings. The van der Waals surface area contributed by atoms with Crippen LogP contribution in [0.25, 0.3) is 22.0 Å². The van der Waals surface area contributed by atoms with E-state index in [1.165, 1.54) is 10.9 Å².